The van der Waals surface area contributed by atoms with Gasteiger partial charge in [0.15, 0.2) is 0 Å². The number of nitrogens with zero attached hydrogens (tertiary/aromatic N) is 4. The zero-order valence-corrected chi connectivity index (χ0v) is 14.0. The summed E-state index contributed by atoms with van der Waals surface area (Å²) in [7, 11) is 1.80. The van der Waals surface area contributed by atoms with E-state index in [9.17, 15) is 4.79 Å². The first-order valence-electron chi connectivity index (χ1n) is 7.72. The predicted octanol–water partition coefficient (Wildman–Crippen LogP) is 3.19. The number of carbonyl (C=O) groups excluding carboxylic acids is 1. The summed E-state index contributed by atoms with van der Waals surface area (Å²) in [6.07, 6.45) is 1.90. The number of aryl methyl sites for hydroxylation is 2. The molecule has 0 saturated carbocycles. The van der Waals surface area contributed by atoms with E-state index < -0.39 is 0 Å². The molecule has 122 valence electrons. The van der Waals surface area contributed by atoms with Crippen molar-refractivity contribution in [3.63, 3.8) is 0 Å². The number of hydrogen-bond donors (Lipinski definition) is 1. The first-order valence-corrected chi connectivity index (χ1v) is 8.10. The molecule has 0 radical (unpaired) electrons. The summed E-state index contributed by atoms with van der Waals surface area (Å²) in [4.78, 5) is 18.3. The Kier molecular flexibility index (Phi) is 4.52. The molecule has 1 N–H and O–H groups in total. The lowest BCUT2D eigenvalue weighted by atomic mass is 9.90. The van der Waals surface area contributed by atoms with Gasteiger partial charge in [0.2, 0.25) is 5.95 Å². The normalized spacial score (nSPS) is 15.7. The lowest BCUT2D eigenvalue weighted by Gasteiger charge is -2.31. The van der Waals surface area contributed by atoms with Crippen LogP contribution in [0.4, 0.5) is 10.7 Å². The molecule has 2 heterocycles. The fourth-order valence-electron chi connectivity index (χ4n) is 2.84. The van der Waals surface area contributed by atoms with Gasteiger partial charge in [-0.3, -0.25) is 10.00 Å². The van der Waals surface area contributed by atoms with Gasteiger partial charge in [0.05, 0.1) is 0 Å². The fraction of sp³-hybridized carbons (Fsp3) is 0.438. The topological polar surface area (TPSA) is 63.1 Å². The molecule has 0 bridgehead atoms. The first-order chi connectivity index (χ1) is 11.0. The van der Waals surface area contributed by atoms with Crippen molar-refractivity contribution in [2.45, 2.75) is 25.7 Å². The van der Waals surface area contributed by atoms with Crippen LogP contribution in [0.15, 0.2) is 24.3 Å². The highest BCUT2D eigenvalue weighted by Crippen LogP contribution is 2.29. The molecule has 2 amide bonds. The average molecular weight is 334 g/mol. The fourth-order valence-corrected chi connectivity index (χ4v) is 2.97. The predicted molar refractivity (Wildman–Crippen MR) is 89.8 cm³/mol. The molecule has 1 aliphatic heterocycles. The van der Waals surface area contributed by atoms with E-state index >= 15 is 0 Å². The highest BCUT2D eigenvalue weighted by atomic mass is 35.5. The van der Waals surface area contributed by atoms with E-state index in [0.717, 1.165) is 36.8 Å². The molecule has 6 nitrogen and oxygen atoms in total. The van der Waals surface area contributed by atoms with Crippen LogP contribution in [0.3, 0.4) is 0 Å². The quantitative estimate of drug-likeness (QED) is 0.918. The Balaban J connectivity index is 1.55. The van der Waals surface area contributed by atoms with Gasteiger partial charge in [-0.25, -0.2) is 4.79 Å². The van der Waals surface area contributed by atoms with Crippen LogP contribution >= 0.6 is 11.6 Å². The second-order valence-electron chi connectivity index (χ2n) is 5.85. The van der Waals surface area contributed by atoms with Crippen molar-refractivity contribution < 1.29 is 4.79 Å². The molecular weight excluding hydrogens is 314 g/mol. The Hall–Kier alpha value is -2.08. The average Bonchev–Trinajstić information content (AvgIpc) is 2.86. The summed E-state index contributed by atoms with van der Waals surface area (Å²) in [5.41, 5.74) is 1.29. The maximum atomic E-state index is 12.3. The number of rotatable bonds is 2. The van der Waals surface area contributed by atoms with Crippen LogP contribution in [0, 0.1) is 6.92 Å². The molecule has 1 fully saturated rings. The van der Waals surface area contributed by atoms with Crippen LogP contribution in [-0.4, -0.2) is 38.8 Å². The van der Waals surface area contributed by atoms with Gasteiger partial charge in [-0.15, -0.1) is 5.10 Å². The Morgan fingerprint density at radius 3 is 2.48 bits per heavy atom. The van der Waals surface area contributed by atoms with Crippen molar-refractivity contribution in [1.29, 1.82) is 0 Å². The number of anilines is 1. The number of amides is 2. The summed E-state index contributed by atoms with van der Waals surface area (Å²) >= 11 is 5.93. The highest BCUT2D eigenvalue weighted by Gasteiger charge is 2.24. The Bertz CT molecular complexity index is 669. The molecule has 1 aromatic carbocycles. The molecule has 7 heteroatoms. The number of urea groups is 1. The van der Waals surface area contributed by atoms with Crippen LogP contribution in [0.5, 0.6) is 0 Å². The van der Waals surface area contributed by atoms with Crippen molar-refractivity contribution >= 4 is 23.6 Å². The molecule has 3 rings (SSSR count). The summed E-state index contributed by atoms with van der Waals surface area (Å²) < 4.78 is 1.64. The van der Waals surface area contributed by atoms with Crippen molar-refractivity contribution in [3.8, 4) is 0 Å². The van der Waals surface area contributed by atoms with Gasteiger partial charge in [-0.05, 0) is 43.4 Å². The molecular formula is C16H20ClN5O. The SMILES string of the molecule is Cc1nc(NC(=O)N2CCC(c3ccc(Cl)cc3)CC2)nn1C. The van der Waals surface area contributed by atoms with Gasteiger partial charge in [-0.1, -0.05) is 23.7 Å². The molecule has 0 spiro atoms. The number of nitrogens with one attached hydrogen (secondary N) is 1. The zero-order valence-electron chi connectivity index (χ0n) is 13.3. The second kappa shape index (κ2) is 6.58. The van der Waals surface area contributed by atoms with E-state index in [0.29, 0.717) is 11.9 Å². The van der Waals surface area contributed by atoms with Gasteiger partial charge in [-0.2, -0.15) is 4.98 Å². The zero-order chi connectivity index (χ0) is 16.4. The van der Waals surface area contributed by atoms with Gasteiger partial charge in [0.1, 0.15) is 5.82 Å². The first kappa shape index (κ1) is 15.8. The van der Waals surface area contributed by atoms with E-state index in [1.807, 2.05) is 24.0 Å². The van der Waals surface area contributed by atoms with Crippen molar-refractivity contribution in [1.82, 2.24) is 19.7 Å². The van der Waals surface area contributed by atoms with Crippen molar-refractivity contribution in [2.24, 2.45) is 7.05 Å². The summed E-state index contributed by atoms with van der Waals surface area (Å²) in [5, 5.41) is 7.67. The van der Waals surface area contributed by atoms with E-state index in [1.54, 1.807) is 11.7 Å². The largest absolute Gasteiger partial charge is 0.324 e. The Morgan fingerprint density at radius 1 is 1.26 bits per heavy atom. The van der Waals surface area contributed by atoms with Crippen LogP contribution in [0.25, 0.3) is 0 Å². The van der Waals surface area contributed by atoms with Crippen LogP contribution in [0.1, 0.15) is 30.1 Å². The molecule has 1 aliphatic rings. The minimum absolute atomic E-state index is 0.134. The summed E-state index contributed by atoms with van der Waals surface area (Å²) in [6.45, 7) is 3.30. The number of benzene rings is 1. The lowest BCUT2D eigenvalue weighted by Crippen LogP contribution is -2.40. The minimum Gasteiger partial charge on any atom is -0.324 e. The van der Waals surface area contributed by atoms with Crippen LogP contribution in [-0.2, 0) is 7.05 Å². The smallest absolute Gasteiger partial charge is 0.324 e. The number of likely N-dealkylation sites (tertiary alicyclic amines) is 1. The van der Waals surface area contributed by atoms with Crippen molar-refractivity contribution in [3.05, 3.63) is 40.7 Å². The van der Waals surface area contributed by atoms with Crippen LogP contribution < -0.4 is 5.32 Å². The van der Waals surface area contributed by atoms with Gasteiger partial charge in [0, 0.05) is 25.2 Å². The van der Waals surface area contributed by atoms with Crippen molar-refractivity contribution in [2.75, 3.05) is 18.4 Å². The molecule has 2 aromatic rings. The Labute approximate surface area is 140 Å². The summed E-state index contributed by atoms with van der Waals surface area (Å²) in [6, 6.07) is 7.85. The number of carbonyl (C=O) groups is 1. The number of aromatic nitrogens is 3. The molecule has 0 atom stereocenters. The highest BCUT2D eigenvalue weighted by molar-refractivity contribution is 6.30. The monoisotopic (exact) mass is 333 g/mol. The maximum Gasteiger partial charge on any atom is 0.324 e. The molecule has 1 aromatic heterocycles. The van der Waals surface area contributed by atoms with Crippen LogP contribution in [0.2, 0.25) is 5.02 Å². The third-order valence-electron chi connectivity index (χ3n) is 4.32. The number of hydrogen-bond acceptors (Lipinski definition) is 3. The van der Waals surface area contributed by atoms with Gasteiger partial charge < -0.3 is 4.90 Å². The molecule has 23 heavy (non-hydrogen) atoms. The molecule has 1 saturated heterocycles. The van der Waals surface area contributed by atoms with E-state index in [4.69, 9.17) is 11.6 Å². The van der Waals surface area contributed by atoms with E-state index in [2.05, 4.69) is 27.5 Å². The molecule has 0 aliphatic carbocycles. The maximum absolute atomic E-state index is 12.3. The van der Waals surface area contributed by atoms with Gasteiger partial charge in [0.25, 0.3) is 0 Å². The standard InChI is InChI=1S/C16H20ClN5O/c1-11-18-15(20-21(11)2)19-16(23)22-9-7-13(8-10-22)12-3-5-14(17)6-4-12/h3-6,13H,7-10H2,1-2H3,(H,19,20,23). The second-order valence-corrected chi connectivity index (χ2v) is 6.29. The Morgan fingerprint density at radius 2 is 1.91 bits per heavy atom. The lowest BCUT2D eigenvalue weighted by molar-refractivity contribution is 0.194. The van der Waals surface area contributed by atoms with E-state index in [-0.39, 0.29) is 6.03 Å². The molecule has 0 unspecified atom stereocenters. The number of piperidine rings is 1. The third kappa shape index (κ3) is 3.64. The van der Waals surface area contributed by atoms with Gasteiger partial charge >= 0.3 is 6.03 Å². The van der Waals surface area contributed by atoms with E-state index in [1.165, 1.54) is 5.56 Å². The minimum atomic E-state index is -0.134. The summed E-state index contributed by atoms with van der Waals surface area (Å²) in [5.74, 6) is 1.60. The number of halogens is 1. The third-order valence-corrected chi connectivity index (χ3v) is 4.58.